The average molecular weight is 298 g/mol. The Labute approximate surface area is 120 Å². The Balaban J connectivity index is 2.62. The molecule has 1 amide bonds. The normalized spacial score (nSPS) is 12.9. The van der Waals surface area contributed by atoms with E-state index in [0.717, 1.165) is 11.8 Å². The molecule has 0 aliphatic carbocycles. The number of amides is 1. The summed E-state index contributed by atoms with van der Waals surface area (Å²) in [5.41, 5.74) is 6.82. The SMILES string of the molecule is CCN(Cc1ccccc1)C(=O)C(N)CCS(C)(=O)=O. The number of likely N-dealkylation sites (N-methyl/N-ethyl adjacent to an activating group) is 1. The van der Waals surface area contributed by atoms with Crippen LogP contribution < -0.4 is 5.73 Å². The number of carbonyl (C=O) groups excluding carboxylic acids is 1. The fraction of sp³-hybridized carbons (Fsp3) is 0.500. The Morgan fingerprint density at radius 1 is 1.30 bits per heavy atom. The molecule has 5 nitrogen and oxygen atoms in total. The monoisotopic (exact) mass is 298 g/mol. The van der Waals surface area contributed by atoms with E-state index >= 15 is 0 Å². The van der Waals surface area contributed by atoms with Crippen LogP contribution in [0, 0.1) is 0 Å². The molecule has 0 radical (unpaired) electrons. The quantitative estimate of drug-likeness (QED) is 0.807. The van der Waals surface area contributed by atoms with Gasteiger partial charge in [0.25, 0.3) is 0 Å². The van der Waals surface area contributed by atoms with Crippen LogP contribution in [-0.4, -0.2) is 43.8 Å². The summed E-state index contributed by atoms with van der Waals surface area (Å²) in [5.74, 6) is -0.275. The van der Waals surface area contributed by atoms with Crippen LogP contribution in [0.5, 0.6) is 0 Å². The van der Waals surface area contributed by atoms with Gasteiger partial charge in [0.05, 0.1) is 11.8 Å². The molecule has 0 fully saturated rings. The molecule has 6 heteroatoms. The van der Waals surface area contributed by atoms with E-state index in [0.29, 0.717) is 13.1 Å². The number of hydrogen-bond donors (Lipinski definition) is 1. The number of rotatable bonds is 7. The zero-order valence-electron chi connectivity index (χ0n) is 12.0. The summed E-state index contributed by atoms with van der Waals surface area (Å²) in [5, 5.41) is 0. The topological polar surface area (TPSA) is 80.5 Å². The highest BCUT2D eigenvalue weighted by Gasteiger charge is 2.21. The molecule has 1 atom stereocenters. The summed E-state index contributed by atoms with van der Waals surface area (Å²) in [6.07, 6.45) is 1.30. The fourth-order valence-corrected chi connectivity index (χ4v) is 2.53. The van der Waals surface area contributed by atoms with Crippen molar-refractivity contribution in [2.75, 3.05) is 18.6 Å². The molecule has 2 N–H and O–H groups in total. The first-order chi connectivity index (χ1) is 9.33. The number of carbonyl (C=O) groups is 1. The van der Waals surface area contributed by atoms with E-state index in [2.05, 4.69) is 0 Å². The molecule has 0 heterocycles. The molecule has 0 aliphatic heterocycles. The molecule has 1 aromatic rings. The molecule has 0 spiro atoms. The summed E-state index contributed by atoms with van der Waals surface area (Å²) < 4.78 is 22.2. The first kappa shape index (κ1) is 16.7. The summed E-state index contributed by atoms with van der Waals surface area (Å²) >= 11 is 0. The van der Waals surface area contributed by atoms with Crippen molar-refractivity contribution >= 4 is 15.7 Å². The molecule has 1 rings (SSSR count). The molecule has 112 valence electrons. The van der Waals surface area contributed by atoms with E-state index in [-0.39, 0.29) is 18.1 Å². The van der Waals surface area contributed by atoms with Gasteiger partial charge in [0.1, 0.15) is 9.84 Å². The smallest absolute Gasteiger partial charge is 0.239 e. The highest BCUT2D eigenvalue weighted by atomic mass is 32.2. The maximum Gasteiger partial charge on any atom is 0.239 e. The van der Waals surface area contributed by atoms with E-state index in [1.54, 1.807) is 4.90 Å². The minimum Gasteiger partial charge on any atom is -0.337 e. The van der Waals surface area contributed by atoms with Crippen LogP contribution in [0.1, 0.15) is 18.9 Å². The Morgan fingerprint density at radius 2 is 1.90 bits per heavy atom. The predicted octanol–water partition coefficient (Wildman–Crippen LogP) is 0.797. The lowest BCUT2D eigenvalue weighted by Gasteiger charge is -2.24. The van der Waals surface area contributed by atoms with Crippen molar-refractivity contribution in [3.05, 3.63) is 35.9 Å². The van der Waals surface area contributed by atoms with E-state index in [1.165, 1.54) is 0 Å². The molecule has 1 unspecified atom stereocenters. The molecule has 1 aromatic carbocycles. The van der Waals surface area contributed by atoms with Gasteiger partial charge in [-0.1, -0.05) is 30.3 Å². The maximum atomic E-state index is 12.2. The molecule has 0 aromatic heterocycles. The van der Waals surface area contributed by atoms with E-state index in [9.17, 15) is 13.2 Å². The summed E-state index contributed by atoms with van der Waals surface area (Å²) in [4.78, 5) is 13.8. The van der Waals surface area contributed by atoms with Crippen LogP contribution >= 0.6 is 0 Å². The molecule has 0 bridgehead atoms. The minimum atomic E-state index is -3.09. The predicted molar refractivity (Wildman–Crippen MR) is 79.8 cm³/mol. The number of nitrogens with zero attached hydrogens (tertiary/aromatic N) is 1. The molecular formula is C14H22N2O3S. The van der Waals surface area contributed by atoms with Gasteiger partial charge in [-0.3, -0.25) is 4.79 Å². The standard InChI is InChI=1S/C14H22N2O3S/c1-3-16(11-12-7-5-4-6-8-12)14(17)13(15)9-10-20(2,18)19/h4-8,13H,3,9-11,15H2,1-2H3. The molecule has 0 saturated carbocycles. The van der Waals surface area contributed by atoms with Crippen molar-refractivity contribution < 1.29 is 13.2 Å². The Bertz CT molecular complexity index is 529. The van der Waals surface area contributed by atoms with E-state index < -0.39 is 15.9 Å². The number of hydrogen-bond acceptors (Lipinski definition) is 4. The number of sulfone groups is 1. The Hall–Kier alpha value is -1.40. The number of benzene rings is 1. The van der Waals surface area contributed by atoms with Gasteiger partial charge >= 0.3 is 0 Å². The third-order valence-electron chi connectivity index (χ3n) is 3.03. The first-order valence-corrected chi connectivity index (χ1v) is 8.65. The lowest BCUT2D eigenvalue weighted by Crippen LogP contribution is -2.44. The fourth-order valence-electron chi connectivity index (χ4n) is 1.85. The second-order valence-corrected chi connectivity index (χ2v) is 7.12. The zero-order valence-corrected chi connectivity index (χ0v) is 12.8. The van der Waals surface area contributed by atoms with Crippen molar-refractivity contribution in [2.45, 2.75) is 25.9 Å². The molecular weight excluding hydrogens is 276 g/mol. The van der Waals surface area contributed by atoms with Crippen molar-refractivity contribution in [3.8, 4) is 0 Å². The second kappa shape index (κ2) is 7.40. The summed E-state index contributed by atoms with van der Waals surface area (Å²) in [6, 6.07) is 8.86. The Kier molecular flexibility index (Phi) is 6.16. The van der Waals surface area contributed by atoms with E-state index in [1.807, 2.05) is 37.3 Å². The van der Waals surface area contributed by atoms with Crippen LogP contribution in [0.3, 0.4) is 0 Å². The highest BCUT2D eigenvalue weighted by Crippen LogP contribution is 2.07. The van der Waals surface area contributed by atoms with Gasteiger partial charge in [-0.15, -0.1) is 0 Å². The van der Waals surface area contributed by atoms with Crippen molar-refractivity contribution in [2.24, 2.45) is 5.73 Å². The van der Waals surface area contributed by atoms with Gasteiger partial charge in [-0.2, -0.15) is 0 Å². The first-order valence-electron chi connectivity index (χ1n) is 6.59. The largest absolute Gasteiger partial charge is 0.337 e. The molecule has 0 saturated heterocycles. The van der Waals surface area contributed by atoms with Gasteiger partial charge in [0, 0.05) is 19.3 Å². The van der Waals surface area contributed by atoms with Crippen LogP contribution in [0.25, 0.3) is 0 Å². The molecule has 20 heavy (non-hydrogen) atoms. The third kappa shape index (κ3) is 5.71. The third-order valence-corrected chi connectivity index (χ3v) is 4.00. The maximum absolute atomic E-state index is 12.2. The highest BCUT2D eigenvalue weighted by molar-refractivity contribution is 7.90. The van der Waals surface area contributed by atoms with E-state index in [4.69, 9.17) is 5.73 Å². The van der Waals surface area contributed by atoms with Crippen LogP contribution in [0.2, 0.25) is 0 Å². The lowest BCUT2D eigenvalue weighted by molar-refractivity contribution is -0.133. The zero-order chi connectivity index (χ0) is 15.2. The lowest BCUT2D eigenvalue weighted by atomic mass is 10.1. The van der Waals surface area contributed by atoms with Crippen molar-refractivity contribution in [1.82, 2.24) is 4.90 Å². The van der Waals surface area contributed by atoms with Crippen molar-refractivity contribution in [3.63, 3.8) is 0 Å². The summed E-state index contributed by atoms with van der Waals surface area (Å²) in [6.45, 7) is 2.91. The van der Waals surface area contributed by atoms with Crippen LogP contribution in [-0.2, 0) is 21.2 Å². The average Bonchev–Trinajstić information content (AvgIpc) is 2.41. The van der Waals surface area contributed by atoms with Gasteiger partial charge in [-0.05, 0) is 18.9 Å². The van der Waals surface area contributed by atoms with Gasteiger partial charge < -0.3 is 10.6 Å². The number of nitrogens with two attached hydrogens (primary N) is 1. The van der Waals surface area contributed by atoms with Gasteiger partial charge in [0.15, 0.2) is 0 Å². The second-order valence-electron chi connectivity index (χ2n) is 4.86. The van der Waals surface area contributed by atoms with Crippen LogP contribution in [0.15, 0.2) is 30.3 Å². The summed E-state index contributed by atoms with van der Waals surface area (Å²) in [7, 11) is -3.09. The van der Waals surface area contributed by atoms with Gasteiger partial charge in [-0.25, -0.2) is 8.42 Å². The molecule has 0 aliphatic rings. The van der Waals surface area contributed by atoms with Crippen molar-refractivity contribution in [1.29, 1.82) is 0 Å². The van der Waals surface area contributed by atoms with Gasteiger partial charge in [0.2, 0.25) is 5.91 Å². The Morgan fingerprint density at radius 3 is 2.40 bits per heavy atom. The minimum absolute atomic E-state index is 0.0667. The van der Waals surface area contributed by atoms with Crippen LogP contribution in [0.4, 0.5) is 0 Å².